The van der Waals surface area contributed by atoms with Crippen molar-refractivity contribution in [3.63, 3.8) is 0 Å². The number of aryl methyl sites for hydroxylation is 1. The van der Waals surface area contributed by atoms with Crippen molar-refractivity contribution in [2.75, 3.05) is 0 Å². The minimum Gasteiger partial charge on any atom is -0.223 e. The van der Waals surface area contributed by atoms with Crippen molar-refractivity contribution >= 4 is 15.9 Å². The molecule has 3 rings (SSSR count). The number of halogens is 1. The van der Waals surface area contributed by atoms with Crippen LogP contribution < -0.4 is 0 Å². The van der Waals surface area contributed by atoms with Gasteiger partial charge in [0.15, 0.2) is 5.82 Å². The Kier molecular flexibility index (Phi) is 3.16. The fourth-order valence-corrected chi connectivity index (χ4v) is 2.66. The molecule has 0 bridgehead atoms. The molecular weight excluding hydrogens is 306 g/mol. The Labute approximate surface area is 119 Å². The maximum Gasteiger partial charge on any atom is 0.163 e. The van der Waals surface area contributed by atoms with Crippen molar-refractivity contribution in [3.8, 4) is 11.5 Å². The third kappa shape index (κ3) is 2.08. The summed E-state index contributed by atoms with van der Waals surface area (Å²) < 4.78 is 3.63. The quantitative estimate of drug-likeness (QED) is 0.698. The monoisotopic (exact) mass is 317 g/mol. The molecule has 0 aliphatic rings. The van der Waals surface area contributed by atoms with Gasteiger partial charge in [0, 0.05) is 10.9 Å². The molecule has 6 heteroatoms. The van der Waals surface area contributed by atoms with Gasteiger partial charge in [-0.25, -0.2) is 14.3 Å². The molecule has 0 saturated heterocycles. The van der Waals surface area contributed by atoms with Crippen LogP contribution in [-0.4, -0.2) is 24.5 Å². The summed E-state index contributed by atoms with van der Waals surface area (Å²) in [4.78, 5) is 4.01. The molecule has 3 aromatic rings. The summed E-state index contributed by atoms with van der Waals surface area (Å²) >= 11 is 3.52. The van der Waals surface area contributed by atoms with Gasteiger partial charge < -0.3 is 0 Å². The highest BCUT2D eigenvalue weighted by Gasteiger charge is 2.17. The molecule has 0 spiro atoms. The van der Waals surface area contributed by atoms with Gasteiger partial charge in [0.05, 0.1) is 11.4 Å². The molecule has 0 saturated carbocycles. The summed E-state index contributed by atoms with van der Waals surface area (Å²) in [7, 11) is 0. The Morgan fingerprint density at radius 2 is 2.00 bits per heavy atom. The third-order valence-electron chi connectivity index (χ3n) is 2.93. The molecular formula is C13H12BrN5. The second kappa shape index (κ2) is 4.97. The SMILES string of the molecule is Cc1nn(-c2ccccc2)c(-n2cncn2)c1CBr. The zero-order valence-electron chi connectivity index (χ0n) is 10.4. The van der Waals surface area contributed by atoms with Crippen LogP contribution in [0.5, 0.6) is 0 Å². The Hall–Kier alpha value is -1.95. The van der Waals surface area contributed by atoms with E-state index >= 15 is 0 Å². The van der Waals surface area contributed by atoms with Gasteiger partial charge >= 0.3 is 0 Å². The van der Waals surface area contributed by atoms with Crippen molar-refractivity contribution in [3.05, 3.63) is 54.2 Å². The molecule has 0 fully saturated rings. The minimum absolute atomic E-state index is 0.723. The molecule has 0 aliphatic carbocycles. The zero-order valence-corrected chi connectivity index (χ0v) is 11.9. The molecule has 96 valence electrons. The number of hydrogen-bond acceptors (Lipinski definition) is 3. The van der Waals surface area contributed by atoms with Crippen LogP contribution in [0.1, 0.15) is 11.3 Å². The summed E-state index contributed by atoms with van der Waals surface area (Å²) in [5.74, 6) is 0.915. The highest BCUT2D eigenvalue weighted by Crippen LogP contribution is 2.23. The summed E-state index contributed by atoms with van der Waals surface area (Å²) in [6.07, 6.45) is 3.21. The topological polar surface area (TPSA) is 48.5 Å². The second-order valence-electron chi connectivity index (χ2n) is 4.11. The van der Waals surface area contributed by atoms with E-state index < -0.39 is 0 Å². The number of alkyl halides is 1. The number of aromatic nitrogens is 5. The van der Waals surface area contributed by atoms with Crippen molar-refractivity contribution in [2.24, 2.45) is 0 Å². The predicted octanol–water partition coefficient (Wildman–Crippen LogP) is 2.66. The van der Waals surface area contributed by atoms with E-state index in [-0.39, 0.29) is 0 Å². The lowest BCUT2D eigenvalue weighted by Crippen LogP contribution is -2.07. The lowest BCUT2D eigenvalue weighted by Gasteiger charge is -2.08. The van der Waals surface area contributed by atoms with Crippen LogP contribution in [0.25, 0.3) is 11.5 Å². The van der Waals surface area contributed by atoms with Crippen LogP contribution in [-0.2, 0) is 5.33 Å². The highest BCUT2D eigenvalue weighted by atomic mass is 79.9. The van der Waals surface area contributed by atoms with Gasteiger partial charge in [0.25, 0.3) is 0 Å². The van der Waals surface area contributed by atoms with E-state index in [1.807, 2.05) is 41.9 Å². The van der Waals surface area contributed by atoms with E-state index in [4.69, 9.17) is 0 Å². The number of nitrogens with zero attached hydrogens (tertiary/aromatic N) is 5. The molecule has 2 heterocycles. The minimum atomic E-state index is 0.723. The Morgan fingerprint density at radius 1 is 1.21 bits per heavy atom. The molecule has 0 radical (unpaired) electrons. The Balaban J connectivity index is 2.26. The van der Waals surface area contributed by atoms with Gasteiger partial charge in [-0.05, 0) is 19.1 Å². The van der Waals surface area contributed by atoms with E-state index in [9.17, 15) is 0 Å². The van der Waals surface area contributed by atoms with Gasteiger partial charge in [-0.2, -0.15) is 10.2 Å². The lowest BCUT2D eigenvalue weighted by atomic mass is 10.2. The number of para-hydroxylation sites is 1. The molecule has 19 heavy (non-hydrogen) atoms. The van der Waals surface area contributed by atoms with Crippen LogP contribution in [0.2, 0.25) is 0 Å². The highest BCUT2D eigenvalue weighted by molar-refractivity contribution is 9.08. The first-order chi connectivity index (χ1) is 9.31. The first-order valence-electron chi connectivity index (χ1n) is 5.86. The third-order valence-corrected chi connectivity index (χ3v) is 3.49. The fourth-order valence-electron chi connectivity index (χ4n) is 2.01. The molecule has 5 nitrogen and oxygen atoms in total. The van der Waals surface area contributed by atoms with E-state index in [0.717, 1.165) is 28.1 Å². The number of benzene rings is 1. The normalized spacial score (nSPS) is 10.8. The number of hydrogen-bond donors (Lipinski definition) is 0. The van der Waals surface area contributed by atoms with E-state index in [1.54, 1.807) is 11.0 Å². The van der Waals surface area contributed by atoms with Crippen LogP contribution in [0.15, 0.2) is 43.0 Å². The van der Waals surface area contributed by atoms with Gasteiger partial charge in [0.1, 0.15) is 12.7 Å². The Bertz CT molecular complexity index is 673. The predicted molar refractivity (Wildman–Crippen MR) is 75.8 cm³/mol. The standard InChI is InChI=1S/C13H12BrN5/c1-10-12(7-14)13(18-9-15-8-16-18)19(17-10)11-5-3-2-4-6-11/h2-6,8-9H,7H2,1H3. The summed E-state index contributed by atoms with van der Waals surface area (Å²) in [6, 6.07) is 10.0. The van der Waals surface area contributed by atoms with Crippen molar-refractivity contribution in [1.29, 1.82) is 0 Å². The first-order valence-corrected chi connectivity index (χ1v) is 6.98. The maximum absolute atomic E-state index is 4.61. The average molecular weight is 318 g/mol. The summed E-state index contributed by atoms with van der Waals surface area (Å²) in [6.45, 7) is 2.00. The van der Waals surface area contributed by atoms with Crippen LogP contribution in [0.4, 0.5) is 0 Å². The molecule has 0 unspecified atom stereocenters. The largest absolute Gasteiger partial charge is 0.223 e. The molecule has 0 N–H and O–H groups in total. The Morgan fingerprint density at radius 3 is 2.63 bits per heavy atom. The van der Waals surface area contributed by atoms with E-state index in [2.05, 4.69) is 31.1 Å². The summed E-state index contributed by atoms with van der Waals surface area (Å²) in [5.41, 5.74) is 3.09. The van der Waals surface area contributed by atoms with Gasteiger partial charge in [-0.15, -0.1) is 0 Å². The van der Waals surface area contributed by atoms with E-state index in [0.29, 0.717) is 0 Å². The summed E-state index contributed by atoms with van der Waals surface area (Å²) in [5, 5.41) is 9.55. The zero-order chi connectivity index (χ0) is 13.2. The number of rotatable bonds is 3. The van der Waals surface area contributed by atoms with Gasteiger partial charge in [0.2, 0.25) is 0 Å². The maximum atomic E-state index is 4.61. The molecule has 0 atom stereocenters. The molecule has 2 aromatic heterocycles. The van der Waals surface area contributed by atoms with Crippen LogP contribution >= 0.6 is 15.9 Å². The lowest BCUT2D eigenvalue weighted by molar-refractivity contribution is 0.758. The smallest absolute Gasteiger partial charge is 0.163 e. The second-order valence-corrected chi connectivity index (χ2v) is 4.67. The fraction of sp³-hybridized carbons (Fsp3) is 0.154. The van der Waals surface area contributed by atoms with Gasteiger partial charge in [-0.3, -0.25) is 0 Å². The van der Waals surface area contributed by atoms with Crippen molar-refractivity contribution in [1.82, 2.24) is 24.5 Å². The molecule has 1 aromatic carbocycles. The van der Waals surface area contributed by atoms with Gasteiger partial charge in [-0.1, -0.05) is 34.1 Å². The average Bonchev–Trinajstić information content (AvgIpc) is 3.06. The van der Waals surface area contributed by atoms with Crippen molar-refractivity contribution < 1.29 is 0 Å². The molecule has 0 aliphatic heterocycles. The van der Waals surface area contributed by atoms with Crippen LogP contribution in [0, 0.1) is 6.92 Å². The van der Waals surface area contributed by atoms with Crippen LogP contribution in [0.3, 0.4) is 0 Å². The molecule has 0 amide bonds. The van der Waals surface area contributed by atoms with E-state index in [1.165, 1.54) is 6.33 Å². The van der Waals surface area contributed by atoms with Crippen molar-refractivity contribution in [2.45, 2.75) is 12.3 Å². The first kappa shape index (κ1) is 12.1.